The number of anilines is 2. The van der Waals surface area contributed by atoms with Gasteiger partial charge in [0.05, 0.1) is 17.4 Å². The number of furan rings is 1. The molecule has 28 heavy (non-hydrogen) atoms. The summed E-state index contributed by atoms with van der Waals surface area (Å²) >= 11 is 8.95. The highest BCUT2D eigenvalue weighted by Gasteiger charge is 2.18. The third kappa shape index (κ3) is 4.14. The number of halogens is 1. The second-order valence-corrected chi connectivity index (χ2v) is 7.85. The normalized spacial score (nSPS) is 11.0. The predicted octanol–water partition coefficient (Wildman–Crippen LogP) is 5.82. The van der Waals surface area contributed by atoms with Gasteiger partial charge in [-0.05, 0) is 29.6 Å². The SMILES string of the molecule is O=C(Nc1sc(N/N=C\c2ccccc2Cl)nc1-c1cccs1)c1ccco1. The van der Waals surface area contributed by atoms with Gasteiger partial charge in [-0.15, -0.1) is 11.3 Å². The zero-order chi connectivity index (χ0) is 19.3. The first kappa shape index (κ1) is 18.4. The van der Waals surface area contributed by atoms with E-state index in [4.69, 9.17) is 16.0 Å². The van der Waals surface area contributed by atoms with E-state index in [1.807, 2.05) is 35.7 Å². The maximum atomic E-state index is 12.4. The number of aromatic nitrogens is 1. The molecule has 3 heterocycles. The molecule has 0 aliphatic heterocycles. The third-order valence-corrected chi connectivity index (χ3v) is 5.72. The molecule has 0 spiro atoms. The van der Waals surface area contributed by atoms with Gasteiger partial charge >= 0.3 is 0 Å². The average molecular weight is 429 g/mol. The molecule has 0 fully saturated rings. The van der Waals surface area contributed by atoms with E-state index in [1.165, 1.54) is 28.9 Å². The van der Waals surface area contributed by atoms with Crippen LogP contribution in [0.15, 0.2) is 69.7 Å². The van der Waals surface area contributed by atoms with E-state index in [0.717, 1.165) is 10.4 Å². The van der Waals surface area contributed by atoms with Crippen LogP contribution in [-0.2, 0) is 0 Å². The topological polar surface area (TPSA) is 79.5 Å². The first-order valence-electron chi connectivity index (χ1n) is 8.14. The number of amides is 1. The van der Waals surface area contributed by atoms with Gasteiger partial charge in [-0.25, -0.2) is 4.98 Å². The molecule has 140 valence electrons. The summed E-state index contributed by atoms with van der Waals surface area (Å²) in [7, 11) is 0. The van der Waals surface area contributed by atoms with E-state index in [9.17, 15) is 4.79 Å². The number of nitrogens with one attached hydrogen (secondary N) is 2. The van der Waals surface area contributed by atoms with Crippen LogP contribution in [0.2, 0.25) is 5.02 Å². The molecule has 0 aliphatic rings. The van der Waals surface area contributed by atoms with Crippen molar-refractivity contribution in [1.82, 2.24) is 4.98 Å². The molecule has 1 amide bonds. The molecule has 0 atom stereocenters. The number of benzene rings is 1. The van der Waals surface area contributed by atoms with Crippen molar-refractivity contribution >= 4 is 56.5 Å². The second-order valence-electron chi connectivity index (χ2n) is 5.50. The van der Waals surface area contributed by atoms with E-state index in [-0.39, 0.29) is 11.7 Å². The number of hydrogen-bond donors (Lipinski definition) is 2. The Labute approximate surface area is 173 Å². The summed E-state index contributed by atoms with van der Waals surface area (Å²) in [4.78, 5) is 17.9. The lowest BCUT2D eigenvalue weighted by Crippen LogP contribution is -2.10. The number of carbonyl (C=O) groups excluding carboxylic acids is 1. The molecule has 2 N–H and O–H groups in total. The summed E-state index contributed by atoms with van der Waals surface area (Å²) in [5.74, 6) is -0.102. The predicted molar refractivity (Wildman–Crippen MR) is 115 cm³/mol. The molecule has 0 saturated heterocycles. The Hall–Kier alpha value is -2.94. The highest BCUT2D eigenvalue weighted by Crippen LogP contribution is 2.38. The number of hydrazone groups is 1. The van der Waals surface area contributed by atoms with Crippen LogP contribution < -0.4 is 10.7 Å². The van der Waals surface area contributed by atoms with E-state index in [0.29, 0.717) is 20.8 Å². The van der Waals surface area contributed by atoms with Crippen molar-refractivity contribution < 1.29 is 9.21 Å². The summed E-state index contributed by atoms with van der Waals surface area (Å²) in [6.45, 7) is 0. The maximum Gasteiger partial charge on any atom is 0.292 e. The number of carbonyl (C=O) groups is 1. The van der Waals surface area contributed by atoms with E-state index < -0.39 is 0 Å². The Kier molecular flexibility index (Phi) is 5.52. The molecular formula is C19H13ClN4O2S2. The van der Waals surface area contributed by atoms with Crippen molar-refractivity contribution in [2.75, 3.05) is 10.7 Å². The summed E-state index contributed by atoms with van der Waals surface area (Å²) < 4.78 is 5.15. The molecule has 6 nitrogen and oxygen atoms in total. The molecule has 1 aromatic carbocycles. The Balaban J connectivity index is 1.57. The Bertz CT molecular complexity index is 1110. The lowest BCUT2D eigenvalue weighted by Gasteiger charge is -2.01. The minimum absolute atomic E-state index is 0.233. The Morgan fingerprint density at radius 1 is 1.18 bits per heavy atom. The van der Waals surface area contributed by atoms with Crippen LogP contribution in [0.3, 0.4) is 0 Å². The first-order valence-corrected chi connectivity index (χ1v) is 10.2. The van der Waals surface area contributed by atoms with Gasteiger partial charge in [0, 0.05) is 10.6 Å². The lowest BCUT2D eigenvalue weighted by molar-refractivity contribution is 0.0997. The summed E-state index contributed by atoms with van der Waals surface area (Å²) in [6, 6.07) is 14.5. The van der Waals surface area contributed by atoms with Crippen molar-refractivity contribution in [3.8, 4) is 10.6 Å². The summed E-state index contributed by atoms with van der Waals surface area (Å²) in [5.41, 5.74) is 4.37. The van der Waals surface area contributed by atoms with Gasteiger partial charge < -0.3 is 9.73 Å². The fourth-order valence-corrected chi connectivity index (χ4v) is 4.14. The molecule has 0 unspecified atom stereocenters. The molecule has 9 heteroatoms. The molecule has 4 aromatic rings. The highest BCUT2D eigenvalue weighted by atomic mass is 35.5. The maximum absolute atomic E-state index is 12.4. The highest BCUT2D eigenvalue weighted by molar-refractivity contribution is 7.21. The zero-order valence-electron chi connectivity index (χ0n) is 14.3. The molecular weight excluding hydrogens is 416 g/mol. The van der Waals surface area contributed by atoms with Crippen LogP contribution in [0.1, 0.15) is 16.1 Å². The lowest BCUT2D eigenvalue weighted by atomic mass is 10.2. The van der Waals surface area contributed by atoms with Gasteiger partial charge in [0.25, 0.3) is 5.91 Å². The average Bonchev–Trinajstić information content (AvgIpc) is 3.45. The van der Waals surface area contributed by atoms with Crippen molar-refractivity contribution in [2.24, 2.45) is 5.10 Å². The summed E-state index contributed by atoms with van der Waals surface area (Å²) in [5, 5.41) is 10.8. The second kappa shape index (κ2) is 8.39. The van der Waals surface area contributed by atoms with Crippen molar-refractivity contribution in [3.05, 3.63) is 76.5 Å². The van der Waals surface area contributed by atoms with E-state index in [1.54, 1.807) is 24.4 Å². The van der Waals surface area contributed by atoms with Crippen molar-refractivity contribution in [3.63, 3.8) is 0 Å². The van der Waals surface area contributed by atoms with Crippen LogP contribution in [-0.4, -0.2) is 17.1 Å². The fourth-order valence-electron chi connectivity index (χ4n) is 2.34. The molecule has 3 aromatic heterocycles. The minimum Gasteiger partial charge on any atom is -0.459 e. The van der Waals surface area contributed by atoms with Gasteiger partial charge in [0.15, 0.2) is 5.76 Å². The standard InChI is InChI=1S/C19H13ClN4O2S2/c20-13-6-2-1-5-12(13)11-21-24-19-22-16(15-8-4-10-27-15)18(28-19)23-17(25)14-7-3-9-26-14/h1-11H,(H,22,24)(H,23,25)/b21-11-. The Morgan fingerprint density at radius 2 is 2.07 bits per heavy atom. The van der Waals surface area contributed by atoms with Gasteiger partial charge in [-0.1, -0.05) is 47.2 Å². The fraction of sp³-hybridized carbons (Fsp3) is 0. The van der Waals surface area contributed by atoms with Crippen LogP contribution in [0, 0.1) is 0 Å². The van der Waals surface area contributed by atoms with E-state index in [2.05, 4.69) is 20.8 Å². The zero-order valence-corrected chi connectivity index (χ0v) is 16.6. The molecule has 0 aliphatic carbocycles. The Morgan fingerprint density at radius 3 is 2.82 bits per heavy atom. The smallest absolute Gasteiger partial charge is 0.292 e. The molecule has 0 saturated carbocycles. The van der Waals surface area contributed by atoms with Gasteiger partial charge in [0.1, 0.15) is 10.7 Å². The number of rotatable bonds is 6. The molecule has 0 radical (unpaired) electrons. The van der Waals surface area contributed by atoms with Crippen LogP contribution in [0.4, 0.5) is 10.1 Å². The van der Waals surface area contributed by atoms with E-state index >= 15 is 0 Å². The largest absolute Gasteiger partial charge is 0.459 e. The van der Waals surface area contributed by atoms with Crippen molar-refractivity contribution in [2.45, 2.75) is 0 Å². The third-order valence-electron chi connectivity index (χ3n) is 3.62. The van der Waals surface area contributed by atoms with Crippen molar-refractivity contribution in [1.29, 1.82) is 0 Å². The van der Waals surface area contributed by atoms with Gasteiger partial charge in [-0.2, -0.15) is 5.10 Å². The van der Waals surface area contributed by atoms with Crippen LogP contribution in [0.5, 0.6) is 0 Å². The first-order chi connectivity index (χ1) is 13.7. The number of thiazole rings is 1. The molecule has 0 bridgehead atoms. The van der Waals surface area contributed by atoms with Gasteiger partial charge in [0.2, 0.25) is 5.13 Å². The number of thiophene rings is 1. The molecule has 4 rings (SSSR count). The quantitative estimate of drug-likeness (QED) is 0.299. The van der Waals surface area contributed by atoms with Crippen LogP contribution in [0.25, 0.3) is 10.6 Å². The minimum atomic E-state index is -0.336. The number of hydrogen-bond acceptors (Lipinski definition) is 7. The van der Waals surface area contributed by atoms with Gasteiger partial charge in [-0.3, -0.25) is 10.2 Å². The van der Waals surface area contributed by atoms with Crippen LogP contribution >= 0.6 is 34.3 Å². The number of nitrogens with zero attached hydrogens (tertiary/aromatic N) is 2. The summed E-state index contributed by atoms with van der Waals surface area (Å²) in [6.07, 6.45) is 3.08. The monoisotopic (exact) mass is 428 g/mol.